The van der Waals surface area contributed by atoms with E-state index < -0.39 is 0 Å². The van der Waals surface area contributed by atoms with E-state index in [0.29, 0.717) is 5.58 Å². The summed E-state index contributed by atoms with van der Waals surface area (Å²) in [5.74, 6) is 0. The molecule has 2 aromatic carbocycles. The van der Waals surface area contributed by atoms with E-state index in [4.69, 9.17) is 4.42 Å². The average Bonchev–Trinajstić information content (AvgIpc) is 2.41. The molecule has 0 atom stereocenters. The second-order valence-electron chi connectivity index (χ2n) is 3.85. The van der Waals surface area contributed by atoms with Gasteiger partial charge in [-0.2, -0.15) is 0 Å². The summed E-state index contributed by atoms with van der Waals surface area (Å²) in [5, 5.41) is 0.977. The fourth-order valence-corrected chi connectivity index (χ4v) is 3.53. The van der Waals surface area contributed by atoms with Crippen molar-refractivity contribution in [3.63, 3.8) is 0 Å². The molecule has 2 nitrogen and oxygen atoms in total. The fourth-order valence-electron chi connectivity index (χ4n) is 1.73. The van der Waals surface area contributed by atoms with Crippen molar-refractivity contribution in [1.29, 1.82) is 0 Å². The van der Waals surface area contributed by atoms with Gasteiger partial charge in [-0.15, -0.1) is 0 Å². The molecule has 0 radical (unpaired) electrons. The van der Waals surface area contributed by atoms with Crippen LogP contribution < -0.4 is 14.5 Å². The van der Waals surface area contributed by atoms with E-state index in [-0.39, 0.29) is 20.6 Å². The van der Waals surface area contributed by atoms with Crippen LogP contribution in [0.25, 0.3) is 11.0 Å². The third-order valence-corrected chi connectivity index (χ3v) is 4.70. The number of hydrogen-bond acceptors (Lipinski definition) is 2. The van der Waals surface area contributed by atoms with Gasteiger partial charge < -0.3 is 0 Å². The molecule has 1 heterocycles. The molecule has 88 valence electrons. The van der Waals surface area contributed by atoms with Crippen LogP contribution in [0, 0.1) is 0 Å². The van der Waals surface area contributed by atoms with Gasteiger partial charge in [0.25, 0.3) is 0 Å². The van der Waals surface area contributed by atoms with Crippen molar-refractivity contribution in [2.24, 2.45) is 0 Å². The first kappa shape index (κ1) is 11.3. The molecule has 3 aromatic rings. The molecule has 0 aliphatic heterocycles. The number of benzene rings is 2. The van der Waals surface area contributed by atoms with E-state index in [9.17, 15) is 4.79 Å². The van der Waals surface area contributed by atoms with E-state index in [0.717, 1.165) is 9.85 Å². The third-order valence-electron chi connectivity index (χ3n) is 2.58. The van der Waals surface area contributed by atoms with Gasteiger partial charge in [0.05, 0.1) is 0 Å². The summed E-state index contributed by atoms with van der Waals surface area (Å²) in [6.45, 7) is 0. The molecular weight excluding hydrogens is 291 g/mol. The van der Waals surface area contributed by atoms with Crippen LogP contribution in [0.3, 0.4) is 0 Å². The zero-order chi connectivity index (χ0) is 12.4. The Kier molecular flexibility index (Phi) is 3.01. The number of hydrogen-bond donors (Lipinski definition) is 0. The van der Waals surface area contributed by atoms with Crippen LogP contribution in [-0.4, -0.2) is 15.0 Å². The van der Waals surface area contributed by atoms with Gasteiger partial charge in [0.2, 0.25) is 0 Å². The predicted molar refractivity (Wildman–Crippen MR) is 73.9 cm³/mol. The second-order valence-corrected chi connectivity index (χ2v) is 6.19. The predicted octanol–water partition coefficient (Wildman–Crippen LogP) is 1.45. The van der Waals surface area contributed by atoms with Crippen LogP contribution in [0.5, 0.6) is 0 Å². The summed E-state index contributed by atoms with van der Waals surface area (Å²) in [6, 6.07) is 19.5. The van der Waals surface area contributed by atoms with Crippen LogP contribution in [0.15, 0.2) is 69.9 Å². The van der Waals surface area contributed by atoms with Gasteiger partial charge >= 0.3 is 110 Å². The first-order valence-corrected chi connectivity index (χ1v) is 7.30. The standard InChI is InChI=1S/C15H10O2Se/c16-15-14(18-12-7-2-1-3-8-12)10-11-6-4-5-9-13(11)17-15/h1-10H. The molecule has 1 aromatic heterocycles. The van der Waals surface area contributed by atoms with Crippen molar-refractivity contribution < 1.29 is 4.42 Å². The summed E-state index contributed by atoms with van der Waals surface area (Å²) < 4.78 is 7.26. The quantitative estimate of drug-likeness (QED) is 0.530. The van der Waals surface area contributed by atoms with Gasteiger partial charge in [0.1, 0.15) is 0 Å². The Morgan fingerprint density at radius 3 is 2.44 bits per heavy atom. The van der Waals surface area contributed by atoms with Gasteiger partial charge in [0.15, 0.2) is 0 Å². The Labute approximate surface area is 110 Å². The zero-order valence-electron chi connectivity index (χ0n) is 9.50. The molecule has 0 aliphatic carbocycles. The second kappa shape index (κ2) is 4.81. The molecule has 0 amide bonds. The van der Waals surface area contributed by atoms with Crippen LogP contribution in [0.4, 0.5) is 0 Å². The fraction of sp³-hybridized carbons (Fsp3) is 0. The average molecular weight is 301 g/mol. The Morgan fingerprint density at radius 1 is 0.889 bits per heavy atom. The molecule has 0 saturated carbocycles. The molecule has 3 heteroatoms. The molecule has 0 saturated heterocycles. The topological polar surface area (TPSA) is 30.2 Å². The van der Waals surface area contributed by atoms with Crippen LogP contribution >= 0.6 is 0 Å². The first-order valence-electron chi connectivity index (χ1n) is 5.59. The molecule has 0 N–H and O–H groups in total. The van der Waals surface area contributed by atoms with E-state index in [2.05, 4.69) is 0 Å². The Hall–Kier alpha value is -1.83. The van der Waals surface area contributed by atoms with E-state index >= 15 is 0 Å². The normalized spacial score (nSPS) is 10.7. The Bertz CT molecular complexity index is 732. The number of para-hydroxylation sites is 1. The van der Waals surface area contributed by atoms with Gasteiger partial charge in [-0.05, 0) is 0 Å². The van der Waals surface area contributed by atoms with Crippen molar-refractivity contribution in [3.05, 3.63) is 71.1 Å². The van der Waals surface area contributed by atoms with Crippen molar-refractivity contribution in [1.82, 2.24) is 0 Å². The number of rotatable bonds is 2. The van der Waals surface area contributed by atoms with Crippen LogP contribution in [-0.2, 0) is 0 Å². The monoisotopic (exact) mass is 302 g/mol. The molecular formula is C15H10O2Se. The van der Waals surface area contributed by atoms with Crippen LogP contribution in [0.1, 0.15) is 0 Å². The van der Waals surface area contributed by atoms with E-state index in [1.807, 2.05) is 60.7 Å². The maximum atomic E-state index is 11.9. The summed E-state index contributed by atoms with van der Waals surface area (Å²) >= 11 is -0.00806. The molecule has 0 fully saturated rings. The number of fused-ring (bicyclic) bond motifs is 1. The summed E-state index contributed by atoms with van der Waals surface area (Å²) in [6.07, 6.45) is 0. The van der Waals surface area contributed by atoms with Crippen LogP contribution in [0.2, 0.25) is 0 Å². The SMILES string of the molecule is O=c1oc2ccccc2cc1[Se]c1ccccc1. The molecule has 0 unspecified atom stereocenters. The van der Waals surface area contributed by atoms with Gasteiger partial charge in [-0.1, -0.05) is 0 Å². The van der Waals surface area contributed by atoms with Crippen molar-refractivity contribution >= 4 is 34.8 Å². The Balaban J connectivity index is 2.07. The summed E-state index contributed by atoms with van der Waals surface area (Å²) in [4.78, 5) is 11.9. The van der Waals surface area contributed by atoms with Crippen molar-refractivity contribution in [2.45, 2.75) is 0 Å². The van der Waals surface area contributed by atoms with Gasteiger partial charge in [-0.3, -0.25) is 0 Å². The first-order chi connectivity index (χ1) is 8.83. The minimum absolute atomic E-state index is 0.00806. The summed E-state index contributed by atoms with van der Waals surface area (Å²) in [5.41, 5.74) is 0.424. The third kappa shape index (κ3) is 2.23. The van der Waals surface area contributed by atoms with Gasteiger partial charge in [-0.25, -0.2) is 0 Å². The molecule has 18 heavy (non-hydrogen) atoms. The van der Waals surface area contributed by atoms with Gasteiger partial charge in [0, 0.05) is 0 Å². The molecule has 0 bridgehead atoms. The Morgan fingerprint density at radius 2 is 1.61 bits per heavy atom. The summed E-state index contributed by atoms with van der Waals surface area (Å²) in [7, 11) is 0. The van der Waals surface area contributed by atoms with Crippen molar-refractivity contribution in [2.75, 3.05) is 0 Å². The van der Waals surface area contributed by atoms with Crippen molar-refractivity contribution in [3.8, 4) is 0 Å². The van der Waals surface area contributed by atoms with E-state index in [1.165, 1.54) is 4.46 Å². The van der Waals surface area contributed by atoms with E-state index in [1.54, 1.807) is 0 Å². The molecule has 0 spiro atoms. The zero-order valence-corrected chi connectivity index (χ0v) is 11.2. The maximum absolute atomic E-state index is 11.9. The molecule has 3 rings (SSSR count). The molecule has 0 aliphatic rings. The minimum atomic E-state index is -0.224.